The van der Waals surface area contributed by atoms with Crippen molar-refractivity contribution in [3.05, 3.63) is 89.1 Å². The fourth-order valence-electron chi connectivity index (χ4n) is 5.04. The Bertz CT molecular complexity index is 1650. The third-order valence-corrected chi connectivity index (χ3v) is 7.02. The van der Waals surface area contributed by atoms with Crippen LogP contribution in [0.2, 0.25) is 0 Å². The van der Waals surface area contributed by atoms with Crippen molar-refractivity contribution in [2.24, 2.45) is 0 Å². The quantitative estimate of drug-likeness (QED) is 0.315. The molecule has 10 heteroatoms. The molecular formula is C29H29N7O3. The molecule has 5 heterocycles. The van der Waals surface area contributed by atoms with Gasteiger partial charge in [0.1, 0.15) is 11.3 Å². The van der Waals surface area contributed by atoms with Crippen LogP contribution in [0, 0.1) is 0 Å². The van der Waals surface area contributed by atoms with E-state index >= 15 is 0 Å². The van der Waals surface area contributed by atoms with Crippen molar-refractivity contribution in [3.63, 3.8) is 0 Å². The first kappa shape index (κ1) is 24.7. The van der Waals surface area contributed by atoms with Crippen LogP contribution in [0.1, 0.15) is 30.5 Å². The molecule has 0 spiro atoms. The average Bonchev–Trinajstić information content (AvgIpc) is 3.61. The van der Waals surface area contributed by atoms with Crippen LogP contribution >= 0.6 is 0 Å². The highest BCUT2D eigenvalue weighted by Gasteiger charge is 2.21. The van der Waals surface area contributed by atoms with E-state index in [-0.39, 0.29) is 17.9 Å². The van der Waals surface area contributed by atoms with E-state index in [0.717, 1.165) is 24.3 Å². The molecule has 6 rings (SSSR count). The maximum absolute atomic E-state index is 13.5. The van der Waals surface area contributed by atoms with Crippen LogP contribution < -0.4 is 15.6 Å². The highest BCUT2D eigenvalue weighted by atomic mass is 16.5. The smallest absolute Gasteiger partial charge is 0.294 e. The number of hydrogen-bond donors (Lipinski definition) is 1. The fraction of sp³-hybridized carbons (Fsp3) is 0.276. The lowest BCUT2D eigenvalue weighted by Gasteiger charge is -2.14. The zero-order chi connectivity index (χ0) is 26.8. The Labute approximate surface area is 225 Å². The molecule has 10 nitrogen and oxygen atoms in total. The van der Waals surface area contributed by atoms with Gasteiger partial charge in [0.2, 0.25) is 5.95 Å². The van der Waals surface area contributed by atoms with E-state index in [9.17, 15) is 4.79 Å². The van der Waals surface area contributed by atoms with E-state index in [1.807, 2.05) is 31.2 Å². The SMILES string of the molecule is CCOc1cc2cnc(Nc3ccc(C4CCN(C)C4)cc3)nc2n(Cc2ncoc2-c2ccncc2)c1=O. The lowest BCUT2D eigenvalue weighted by Crippen LogP contribution is -2.24. The molecule has 4 aromatic heterocycles. The molecule has 1 N–H and O–H groups in total. The number of benzene rings is 1. The predicted molar refractivity (Wildman–Crippen MR) is 148 cm³/mol. The minimum Gasteiger partial charge on any atom is -0.488 e. The number of nitrogens with zero attached hydrogens (tertiary/aromatic N) is 6. The molecule has 1 aliphatic rings. The van der Waals surface area contributed by atoms with Crippen LogP contribution in [0.15, 0.2) is 76.7 Å². The van der Waals surface area contributed by atoms with Crippen molar-refractivity contribution in [2.75, 3.05) is 32.1 Å². The number of anilines is 2. The van der Waals surface area contributed by atoms with E-state index in [1.165, 1.54) is 18.4 Å². The van der Waals surface area contributed by atoms with Gasteiger partial charge in [-0.3, -0.25) is 14.3 Å². The second-order valence-electron chi connectivity index (χ2n) is 9.66. The predicted octanol–water partition coefficient (Wildman–Crippen LogP) is 4.45. The van der Waals surface area contributed by atoms with Gasteiger partial charge in [0, 0.05) is 41.8 Å². The van der Waals surface area contributed by atoms with Crippen LogP contribution in [-0.4, -0.2) is 56.1 Å². The molecule has 1 aliphatic heterocycles. The molecule has 39 heavy (non-hydrogen) atoms. The van der Waals surface area contributed by atoms with E-state index in [4.69, 9.17) is 14.1 Å². The summed E-state index contributed by atoms with van der Waals surface area (Å²) >= 11 is 0. The van der Waals surface area contributed by atoms with Gasteiger partial charge in [0.15, 0.2) is 17.9 Å². The van der Waals surface area contributed by atoms with E-state index < -0.39 is 0 Å². The molecule has 5 aromatic rings. The van der Waals surface area contributed by atoms with Crippen molar-refractivity contribution < 1.29 is 9.15 Å². The van der Waals surface area contributed by atoms with E-state index in [0.29, 0.717) is 41.0 Å². The normalized spacial score (nSPS) is 15.6. The second-order valence-corrected chi connectivity index (χ2v) is 9.66. The summed E-state index contributed by atoms with van der Waals surface area (Å²) in [5, 5.41) is 3.96. The number of fused-ring (bicyclic) bond motifs is 1. The van der Waals surface area contributed by atoms with Crippen LogP contribution in [0.25, 0.3) is 22.4 Å². The Balaban J connectivity index is 1.34. The zero-order valence-corrected chi connectivity index (χ0v) is 21.9. The minimum absolute atomic E-state index is 0.144. The Hall–Kier alpha value is -4.57. The van der Waals surface area contributed by atoms with Gasteiger partial charge >= 0.3 is 0 Å². The number of nitrogens with one attached hydrogen (secondary N) is 1. The summed E-state index contributed by atoms with van der Waals surface area (Å²) in [5.74, 6) is 1.75. The Morgan fingerprint density at radius 1 is 1.13 bits per heavy atom. The van der Waals surface area contributed by atoms with Crippen molar-refractivity contribution in [1.29, 1.82) is 0 Å². The van der Waals surface area contributed by atoms with E-state index in [2.05, 4.69) is 44.3 Å². The number of ether oxygens (including phenoxy) is 1. The molecule has 0 bridgehead atoms. The lowest BCUT2D eigenvalue weighted by atomic mass is 9.98. The van der Waals surface area contributed by atoms with Gasteiger partial charge in [-0.05, 0) is 68.8 Å². The maximum Gasteiger partial charge on any atom is 0.294 e. The van der Waals surface area contributed by atoms with Gasteiger partial charge in [-0.25, -0.2) is 9.97 Å². The van der Waals surface area contributed by atoms with Crippen LogP contribution in [0.5, 0.6) is 5.75 Å². The first-order chi connectivity index (χ1) is 19.1. The molecule has 1 fully saturated rings. The first-order valence-electron chi connectivity index (χ1n) is 13.0. The minimum atomic E-state index is -0.302. The fourth-order valence-corrected chi connectivity index (χ4v) is 5.04. The number of likely N-dealkylation sites (tertiary alicyclic amines) is 1. The maximum atomic E-state index is 13.5. The topological polar surface area (TPSA) is 111 Å². The number of rotatable bonds is 8. The average molecular weight is 524 g/mol. The highest BCUT2D eigenvalue weighted by Crippen LogP contribution is 2.28. The Morgan fingerprint density at radius 3 is 2.69 bits per heavy atom. The molecule has 1 aromatic carbocycles. The van der Waals surface area contributed by atoms with Crippen molar-refractivity contribution in [2.45, 2.75) is 25.8 Å². The molecule has 1 unspecified atom stereocenters. The summed E-state index contributed by atoms with van der Waals surface area (Å²) in [6, 6.07) is 13.8. The number of oxazole rings is 1. The summed E-state index contributed by atoms with van der Waals surface area (Å²) in [6.07, 6.45) is 7.61. The standard InChI is InChI=1S/C29H29N7O3/c1-3-38-25-14-22-15-31-29(33-23-6-4-19(5-7-23)21-10-13-35(2)16-21)34-27(22)36(28(25)37)17-24-26(39-18-32-24)20-8-11-30-12-9-20/h4-9,11-12,14-15,18,21H,3,10,13,16-17H2,1-2H3,(H,31,33,34). The van der Waals surface area contributed by atoms with Gasteiger partial charge in [-0.15, -0.1) is 0 Å². The number of pyridine rings is 2. The van der Waals surface area contributed by atoms with Crippen LogP contribution in [-0.2, 0) is 6.54 Å². The number of likely N-dealkylation sites (N-methyl/N-ethyl adjacent to an activating group) is 1. The summed E-state index contributed by atoms with van der Waals surface area (Å²) in [7, 11) is 2.16. The first-order valence-corrected chi connectivity index (χ1v) is 13.0. The van der Waals surface area contributed by atoms with Crippen LogP contribution in [0.3, 0.4) is 0 Å². The van der Waals surface area contributed by atoms with Gasteiger partial charge in [-0.1, -0.05) is 12.1 Å². The van der Waals surface area contributed by atoms with Crippen molar-refractivity contribution >= 4 is 22.7 Å². The van der Waals surface area contributed by atoms with Gasteiger partial charge in [0.25, 0.3) is 5.56 Å². The summed E-state index contributed by atoms with van der Waals surface area (Å²) in [4.78, 5) is 33.6. The Kier molecular flexibility index (Phi) is 6.76. The van der Waals surface area contributed by atoms with Gasteiger partial charge in [-0.2, -0.15) is 4.98 Å². The summed E-state index contributed by atoms with van der Waals surface area (Å²) < 4.78 is 12.9. The molecule has 0 aliphatic carbocycles. The number of aromatic nitrogens is 5. The second kappa shape index (κ2) is 10.7. The molecule has 1 saturated heterocycles. The molecule has 0 amide bonds. The van der Waals surface area contributed by atoms with Gasteiger partial charge in [0.05, 0.1) is 13.2 Å². The Morgan fingerprint density at radius 2 is 1.95 bits per heavy atom. The monoisotopic (exact) mass is 523 g/mol. The highest BCUT2D eigenvalue weighted by molar-refractivity contribution is 5.77. The molecule has 198 valence electrons. The van der Waals surface area contributed by atoms with E-state index in [1.54, 1.807) is 29.2 Å². The van der Waals surface area contributed by atoms with Gasteiger partial charge < -0.3 is 19.4 Å². The largest absolute Gasteiger partial charge is 0.488 e. The zero-order valence-electron chi connectivity index (χ0n) is 21.9. The number of hydrogen-bond acceptors (Lipinski definition) is 9. The van der Waals surface area contributed by atoms with Crippen LogP contribution in [0.4, 0.5) is 11.6 Å². The third kappa shape index (κ3) is 5.10. The van der Waals surface area contributed by atoms with Crippen molar-refractivity contribution in [3.8, 4) is 17.1 Å². The molecule has 0 saturated carbocycles. The summed E-state index contributed by atoms with van der Waals surface area (Å²) in [6.45, 7) is 4.55. The molecule has 1 atom stereocenters. The third-order valence-electron chi connectivity index (χ3n) is 7.02. The molecular weight excluding hydrogens is 494 g/mol. The van der Waals surface area contributed by atoms with Crippen molar-refractivity contribution in [1.82, 2.24) is 29.4 Å². The summed E-state index contributed by atoms with van der Waals surface area (Å²) in [5.41, 5.74) is 3.79. The lowest BCUT2D eigenvalue weighted by molar-refractivity contribution is 0.333. The molecule has 0 radical (unpaired) electrons.